The van der Waals surface area contributed by atoms with Crippen LogP contribution in [0.25, 0.3) is 0 Å². The molecule has 2 rings (SSSR count). The molecule has 1 aromatic carbocycles. The van der Waals surface area contributed by atoms with Crippen molar-refractivity contribution >= 4 is 29.2 Å². The lowest BCUT2D eigenvalue weighted by molar-refractivity contribution is -0.285. The van der Waals surface area contributed by atoms with Crippen LogP contribution in [-0.4, -0.2) is 70.8 Å². The Morgan fingerprint density at radius 2 is 1.83 bits per heavy atom. The molecular weight excluding hydrogens is 367 g/mol. The summed E-state index contributed by atoms with van der Waals surface area (Å²) in [5.41, 5.74) is -0.184. The Balaban J connectivity index is 2.30. The Kier molecular flexibility index (Phi) is 6.27. The van der Waals surface area contributed by atoms with Gasteiger partial charge in [0.2, 0.25) is 0 Å². The number of aliphatic hydroxyl groups is 4. The Morgan fingerprint density at radius 1 is 1.21 bits per heavy atom. The average molecular weight is 383 g/mol. The second kappa shape index (κ2) is 7.83. The second-order valence-corrected chi connectivity index (χ2v) is 5.85. The van der Waals surface area contributed by atoms with Crippen molar-refractivity contribution in [1.29, 1.82) is 0 Å². The van der Waals surface area contributed by atoms with E-state index in [1.165, 1.54) is 19.2 Å². The zero-order valence-electron chi connectivity index (χ0n) is 12.4. The van der Waals surface area contributed by atoms with Crippen LogP contribution in [0.15, 0.2) is 12.1 Å². The molecule has 0 aromatic heterocycles. The number of methoxy groups -OCH3 is 1. The number of carbonyl (C=O) groups is 1. The summed E-state index contributed by atoms with van der Waals surface area (Å²) in [6.07, 6.45) is -7.82. The second-order valence-electron chi connectivity index (χ2n) is 5.04. The summed E-state index contributed by atoms with van der Waals surface area (Å²) >= 11 is 11.9. The highest BCUT2D eigenvalue weighted by Gasteiger charge is 2.46. The standard InChI is InChI=1S/C14H16Cl2O8/c1-22-11-6(16)3-2-5(15)8(11)13(20)24-12-7(4-17)23-14(21)10(19)9(12)18/h2-3,7,9-10,12,14,17-19,21H,4H2,1H3/t7-,9-,10-,12-,14-/m1/s1. The van der Waals surface area contributed by atoms with E-state index in [4.69, 9.17) is 37.4 Å². The lowest BCUT2D eigenvalue weighted by Crippen LogP contribution is -2.59. The monoisotopic (exact) mass is 382 g/mol. The van der Waals surface area contributed by atoms with Crippen LogP contribution in [0.4, 0.5) is 0 Å². The number of hydrogen-bond acceptors (Lipinski definition) is 8. The minimum Gasteiger partial charge on any atom is -0.494 e. The van der Waals surface area contributed by atoms with Gasteiger partial charge in [0, 0.05) is 0 Å². The highest BCUT2D eigenvalue weighted by atomic mass is 35.5. The Bertz CT molecular complexity index is 609. The van der Waals surface area contributed by atoms with Crippen molar-refractivity contribution in [2.75, 3.05) is 13.7 Å². The van der Waals surface area contributed by atoms with Gasteiger partial charge in [-0.05, 0) is 12.1 Å². The maximum absolute atomic E-state index is 12.4. The molecular formula is C14H16Cl2O8. The quantitative estimate of drug-likeness (QED) is 0.534. The summed E-state index contributed by atoms with van der Waals surface area (Å²) in [7, 11) is 1.28. The van der Waals surface area contributed by atoms with E-state index in [0.29, 0.717) is 0 Å². The molecule has 1 fully saturated rings. The highest BCUT2D eigenvalue weighted by molar-refractivity contribution is 6.37. The van der Waals surface area contributed by atoms with Crippen LogP contribution < -0.4 is 4.74 Å². The predicted molar refractivity (Wildman–Crippen MR) is 82.2 cm³/mol. The number of halogens is 2. The van der Waals surface area contributed by atoms with E-state index < -0.39 is 43.3 Å². The first-order chi connectivity index (χ1) is 11.3. The SMILES string of the molecule is COc1c(Cl)ccc(Cl)c1C(=O)O[C@H]1[C@H](O)[C@@H](O)[C@H](O)O[C@@H]1CO. The Morgan fingerprint density at radius 3 is 2.42 bits per heavy atom. The van der Waals surface area contributed by atoms with Crippen LogP contribution in [0.5, 0.6) is 5.75 Å². The van der Waals surface area contributed by atoms with Gasteiger partial charge in [-0.3, -0.25) is 0 Å². The third-order valence-corrected chi connectivity index (χ3v) is 4.16. The Hall–Kier alpha value is -1.13. The minimum atomic E-state index is -1.73. The van der Waals surface area contributed by atoms with Crippen LogP contribution >= 0.6 is 23.2 Å². The zero-order chi connectivity index (χ0) is 18.0. The molecule has 0 radical (unpaired) electrons. The van der Waals surface area contributed by atoms with Crippen LogP contribution in [-0.2, 0) is 9.47 Å². The van der Waals surface area contributed by atoms with Crippen molar-refractivity contribution in [2.45, 2.75) is 30.7 Å². The number of ether oxygens (including phenoxy) is 3. The number of aliphatic hydroxyl groups excluding tert-OH is 4. The topological polar surface area (TPSA) is 126 Å². The fourth-order valence-corrected chi connectivity index (χ4v) is 2.78. The van der Waals surface area contributed by atoms with Crippen LogP contribution in [0.2, 0.25) is 10.0 Å². The lowest BCUT2D eigenvalue weighted by Gasteiger charge is -2.39. The molecule has 1 heterocycles. The zero-order valence-corrected chi connectivity index (χ0v) is 13.9. The molecule has 4 N–H and O–H groups in total. The van der Waals surface area contributed by atoms with E-state index in [9.17, 15) is 25.2 Å². The predicted octanol–water partition coefficient (Wildman–Crippen LogP) is -0.0413. The highest BCUT2D eigenvalue weighted by Crippen LogP contribution is 2.35. The third kappa shape index (κ3) is 3.60. The van der Waals surface area contributed by atoms with Crippen LogP contribution in [0.3, 0.4) is 0 Å². The number of hydrogen-bond donors (Lipinski definition) is 4. The first-order valence-electron chi connectivity index (χ1n) is 6.85. The van der Waals surface area contributed by atoms with Crippen molar-refractivity contribution in [3.05, 3.63) is 27.7 Å². The number of benzene rings is 1. The summed E-state index contributed by atoms with van der Waals surface area (Å²) in [5.74, 6) is -1.03. The summed E-state index contributed by atoms with van der Waals surface area (Å²) < 4.78 is 15.1. The maximum atomic E-state index is 12.4. The molecule has 134 valence electrons. The molecule has 8 nitrogen and oxygen atoms in total. The number of rotatable bonds is 4. The van der Waals surface area contributed by atoms with Gasteiger partial charge in [-0.2, -0.15) is 0 Å². The molecule has 0 amide bonds. The van der Waals surface area contributed by atoms with Gasteiger partial charge in [0.05, 0.1) is 23.8 Å². The molecule has 0 unspecified atom stereocenters. The van der Waals surface area contributed by atoms with Gasteiger partial charge >= 0.3 is 5.97 Å². The summed E-state index contributed by atoms with van der Waals surface area (Å²) in [6.45, 7) is -0.667. The Labute approximate surface area is 147 Å². The molecule has 0 aliphatic carbocycles. The van der Waals surface area contributed by atoms with Gasteiger partial charge in [0.25, 0.3) is 0 Å². The van der Waals surface area contributed by atoms with E-state index >= 15 is 0 Å². The normalized spacial score (nSPS) is 30.0. The van der Waals surface area contributed by atoms with Gasteiger partial charge in [0.15, 0.2) is 18.1 Å². The van der Waals surface area contributed by atoms with E-state index in [0.717, 1.165) is 0 Å². The fraction of sp³-hybridized carbons (Fsp3) is 0.500. The van der Waals surface area contributed by atoms with Crippen molar-refractivity contribution in [2.24, 2.45) is 0 Å². The smallest absolute Gasteiger partial charge is 0.343 e. The molecule has 1 saturated heterocycles. The molecule has 10 heteroatoms. The molecule has 1 aliphatic heterocycles. The first kappa shape index (κ1) is 19.2. The van der Waals surface area contributed by atoms with Gasteiger partial charge in [-0.25, -0.2) is 4.79 Å². The lowest BCUT2D eigenvalue weighted by atomic mass is 9.99. The summed E-state index contributed by atoms with van der Waals surface area (Å²) in [5, 5.41) is 38.5. The van der Waals surface area contributed by atoms with Crippen LogP contribution in [0.1, 0.15) is 10.4 Å². The van der Waals surface area contributed by atoms with Crippen molar-refractivity contribution in [3.63, 3.8) is 0 Å². The number of esters is 1. The maximum Gasteiger partial charge on any atom is 0.343 e. The van der Waals surface area contributed by atoms with Crippen LogP contribution in [0, 0.1) is 0 Å². The molecule has 1 aliphatic rings. The fourth-order valence-electron chi connectivity index (χ4n) is 2.32. The molecule has 1 aromatic rings. The minimum absolute atomic E-state index is 0.00593. The van der Waals surface area contributed by atoms with E-state index in [1.807, 2.05) is 0 Å². The molecule has 0 spiro atoms. The van der Waals surface area contributed by atoms with Crippen molar-refractivity contribution < 1.29 is 39.4 Å². The van der Waals surface area contributed by atoms with Gasteiger partial charge < -0.3 is 34.6 Å². The summed E-state index contributed by atoms with van der Waals surface area (Å²) in [6, 6.07) is 2.79. The van der Waals surface area contributed by atoms with Crippen molar-refractivity contribution in [3.8, 4) is 5.75 Å². The van der Waals surface area contributed by atoms with E-state index in [2.05, 4.69) is 0 Å². The molecule has 5 atom stereocenters. The molecule has 0 saturated carbocycles. The largest absolute Gasteiger partial charge is 0.494 e. The first-order valence-corrected chi connectivity index (χ1v) is 7.60. The molecule has 24 heavy (non-hydrogen) atoms. The van der Waals surface area contributed by atoms with Crippen molar-refractivity contribution in [1.82, 2.24) is 0 Å². The summed E-state index contributed by atoms with van der Waals surface area (Å²) in [4.78, 5) is 12.4. The number of carbonyl (C=O) groups excluding carboxylic acids is 1. The van der Waals surface area contributed by atoms with Gasteiger partial charge in [-0.15, -0.1) is 0 Å². The molecule has 0 bridgehead atoms. The third-order valence-electron chi connectivity index (χ3n) is 3.55. The van der Waals surface area contributed by atoms with Gasteiger partial charge in [0.1, 0.15) is 23.9 Å². The van der Waals surface area contributed by atoms with Gasteiger partial charge in [-0.1, -0.05) is 23.2 Å². The van der Waals surface area contributed by atoms with E-state index in [1.54, 1.807) is 0 Å². The van der Waals surface area contributed by atoms with E-state index in [-0.39, 0.29) is 21.4 Å². The average Bonchev–Trinajstić information content (AvgIpc) is 2.56.